The Morgan fingerprint density at radius 2 is 2.24 bits per heavy atom. The summed E-state index contributed by atoms with van der Waals surface area (Å²) in [4.78, 5) is 18.3. The smallest absolute Gasteiger partial charge is 0.217 e. The molecule has 0 saturated carbocycles. The molecule has 1 aliphatic heterocycles. The lowest BCUT2D eigenvalue weighted by molar-refractivity contribution is -0.119. The molecule has 6 nitrogen and oxygen atoms in total. The van der Waals surface area contributed by atoms with Crippen molar-refractivity contribution in [1.29, 1.82) is 0 Å². The molecular weight excluding hydrogens is 316 g/mol. The predicted octanol–water partition coefficient (Wildman–Crippen LogP) is 2.06. The van der Waals surface area contributed by atoms with Crippen LogP contribution in [0.25, 0.3) is 0 Å². The number of guanidine groups is 1. The molecule has 138 valence electrons. The lowest BCUT2D eigenvalue weighted by Crippen LogP contribution is -2.47. The van der Waals surface area contributed by atoms with Gasteiger partial charge < -0.3 is 20.7 Å². The van der Waals surface area contributed by atoms with Crippen molar-refractivity contribution in [3.63, 3.8) is 0 Å². The first kappa shape index (κ1) is 19.1. The number of nitrogens with one attached hydrogen (secondary N) is 1. The van der Waals surface area contributed by atoms with E-state index < -0.39 is 0 Å². The van der Waals surface area contributed by atoms with Crippen molar-refractivity contribution in [1.82, 2.24) is 10.2 Å². The second kappa shape index (κ2) is 9.30. The van der Waals surface area contributed by atoms with E-state index in [0.29, 0.717) is 18.9 Å². The number of carbonyl (C=O) groups is 1. The molecule has 1 unspecified atom stereocenters. The number of aryl methyl sites for hydroxylation is 1. The highest BCUT2D eigenvalue weighted by Crippen LogP contribution is 2.20. The van der Waals surface area contributed by atoms with Crippen molar-refractivity contribution < 1.29 is 9.53 Å². The van der Waals surface area contributed by atoms with Crippen LogP contribution in [0.1, 0.15) is 37.3 Å². The van der Waals surface area contributed by atoms with Crippen molar-refractivity contribution in [2.75, 3.05) is 26.7 Å². The minimum absolute atomic E-state index is 0.222. The molecule has 2 rings (SSSR count). The van der Waals surface area contributed by atoms with Crippen LogP contribution in [0.15, 0.2) is 23.2 Å². The van der Waals surface area contributed by atoms with Crippen LogP contribution >= 0.6 is 0 Å². The molecule has 1 fully saturated rings. The summed E-state index contributed by atoms with van der Waals surface area (Å²) in [5.74, 6) is 1.85. The number of aliphatic imine (C=N–C) groups is 1. The number of ether oxygens (including phenoxy) is 1. The first-order chi connectivity index (χ1) is 12.0. The van der Waals surface area contributed by atoms with E-state index in [-0.39, 0.29) is 5.91 Å². The Hall–Kier alpha value is -2.24. The van der Waals surface area contributed by atoms with E-state index in [0.717, 1.165) is 55.3 Å². The minimum atomic E-state index is -0.222. The number of carbonyl (C=O) groups excluding carboxylic acids is 1. The summed E-state index contributed by atoms with van der Waals surface area (Å²) >= 11 is 0. The maximum atomic E-state index is 11.2. The Kier molecular flexibility index (Phi) is 7.10. The molecule has 1 atom stereocenters. The zero-order chi connectivity index (χ0) is 18.2. The van der Waals surface area contributed by atoms with Gasteiger partial charge in [0, 0.05) is 26.1 Å². The number of methoxy groups -OCH3 is 1. The summed E-state index contributed by atoms with van der Waals surface area (Å²) < 4.78 is 5.34. The monoisotopic (exact) mass is 346 g/mol. The van der Waals surface area contributed by atoms with E-state index in [9.17, 15) is 4.79 Å². The first-order valence-corrected chi connectivity index (χ1v) is 8.98. The molecule has 6 heteroatoms. The van der Waals surface area contributed by atoms with E-state index in [1.807, 2.05) is 12.1 Å². The number of hydrogen-bond acceptors (Lipinski definition) is 3. The molecule has 25 heavy (non-hydrogen) atoms. The van der Waals surface area contributed by atoms with Gasteiger partial charge >= 0.3 is 0 Å². The van der Waals surface area contributed by atoms with E-state index in [1.54, 1.807) is 7.11 Å². The average Bonchev–Trinajstić information content (AvgIpc) is 2.57. The second-order valence-corrected chi connectivity index (χ2v) is 6.65. The van der Waals surface area contributed by atoms with Gasteiger partial charge in [-0.2, -0.15) is 0 Å². The van der Waals surface area contributed by atoms with Crippen molar-refractivity contribution in [2.45, 2.75) is 39.7 Å². The van der Waals surface area contributed by atoms with Gasteiger partial charge in [0.1, 0.15) is 5.75 Å². The highest BCUT2D eigenvalue weighted by atomic mass is 16.5. The number of benzene rings is 1. The van der Waals surface area contributed by atoms with Crippen LogP contribution in [0.4, 0.5) is 0 Å². The van der Waals surface area contributed by atoms with Crippen molar-refractivity contribution >= 4 is 11.9 Å². The fraction of sp³-hybridized carbons (Fsp3) is 0.579. The minimum Gasteiger partial charge on any atom is -0.497 e. The SMILES string of the molecule is CCNC(=NCc1cc(C)cc(OC)c1)N1CCCC(CC(N)=O)C1. The molecule has 0 radical (unpaired) electrons. The third kappa shape index (κ3) is 5.96. The van der Waals surface area contributed by atoms with Gasteiger partial charge in [0.25, 0.3) is 0 Å². The molecular formula is C19H30N4O2. The van der Waals surface area contributed by atoms with Gasteiger partial charge in [-0.25, -0.2) is 4.99 Å². The van der Waals surface area contributed by atoms with Crippen LogP contribution in [0.5, 0.6) is 5.75 Å². The van der Waals surface area contributed by atoms with E-state index in [2.05, 4.69) is 30.1 Å². The molecule has 0 bridgehead atoms. The number of amides is 1. The third-order valence-electron chi connectivity index (χ3n) is 4.40. The van der Waals surface area contributed by atoms with Crippen molar-refractivity contribution in [2.24, 2.45) is 16.6 Å². The summed E-state index contributed by atoms with van der Waals surface area (Å²) in [6.45, 7) is 7.31. The molecule has 1 aliphatic rings. The van der Waals surface area contributed by atoms with Crippen LogP contribution < -0.4 is 15.8 Å². The highest BCUT2D eigenvalue weighted by molar-refractivity contribution is 5.80. The molecule has 1 aromatic carbocycles. The second-order valence-electron chi connectivity index (χ2n) is 6.65. The van der Waals surface area contributed by atoms with Crippen LogP contribution in [-0.2, 0) is 11.3 Å². The fourth-order valence-electron chi connectivity index (χ4n) is 3.33. The lowest BCUT2D eigenvalue weighted by atomic mass is 9.95. The number of likely N-dealkylation sites (tertiary alicyclic amines) is 1. The number of primary amides is 1. The zero-order valence-corrected chi connectivity index (χ0v) is 15.5. The molecule has 1 heterocycles. The van der Waals surface area contributed by atoms with Crippen LogP contribution in [0.2, 0.25) is 0 Å². The zero-order valence-electron chi connectivity index (χ0n) is 15.5. The predicted molar refractivity (Wildman–Crippen MR) is 101 cm³/mol. The van der Waals surface area contributed by atoms with Crippen LogP contribution in [0.3, 0.4) is 0 Å². The largest absolute Gasteiger partial charge is 0.497 e. The van der Waals surface area contributed by atoms with Gasteiger partial charge in [-0.05, 0) is 55.9 Å². The number of nitrogens with zero attached hydrogens (tertiary/aromatic N) is 2. The van der Waals surface area contributed by atoms with Crippen molar-refractivity contribution in [3.8, 4) is 5.75 Å². The number of hydrogen-bond donors (Lipinski definition) is 2. The van der Waals surface area contributed by atoms with Crippen molar-refractivity contribution in [3.05, 3.63) is 29.3 Å². The number of rotatable bonds is 6. The molecule has 1 amide bonds. The standard InChI is InChI=1S/C19H30N4O2/c1-4-21-19(23-7-5-6-15(13-23)11-18(20)24)22-12-16-8-14(2)9-17(10-16)25-3/h8-10,15H,4-7,11-13H2,1-3H3,(H2,20,24)(H,21,22). The van der Waals surface area contributed by atoms with E-state index in [1.165, 1.54) is 0 Å². The summed E-state index contributed by atoms with van der Waals surface area (Å²) in [7, 11) is 1.68. The normalized spacial score (nSPS) is 18.1. The average molecular weight is 346 g/mol. The summed E-state index contributed by atoms with van der Waals surface area (Å²) in [6.07, 6.45) is 2.56. The fourth-order valence-corrected chi connectivity index (χ4v) is 3.33. The van der Waals surface area contributed by atoms with Gasteiger partial charge in [-0.1, -0.05) is 6.07 Å². The van der Waals surface area contributed by atoms with Gasteiger partial charge in [-0.3, -0.25) is 4.79 Å². The Labute approximate surface area is 150 Å². The van der Waals surface area contributed by atoms with Gasteiger partial charge in [0.15, 0.2) is 5.96 Å². The number of nitrogens with two attached hydrogens (primary N) is 1. The molecule has 1 saturated heterocycles. The summed E-state index contributed by atoms with van der Waals surface area (Å²) in [5, 5.41) is 3.37. The van der Waals surface area contributed by atoms with Crippen LogP contribution in [0, 0.1) is 12.8 Å². The Balaban J connectivity index is 2.09. The molecule has 3 N–H and O–H groups in total. The quantitative estimate of drug-likeness (QED) is 0.610. The lowest BCUT2D eigenvalue weighted by Gasteiger charge is -2.34. The Morgan fingerprint density at radius 3 is 2.92 bits per heavy atom. The van der Waals surface area contributed by atoms with Crippen LogP contribution in [-0.4, -0.2) is 43.5 Å². The molecule has 0 aromatic heterocycles. The first-order valence-electron chi connectivity index (χ1n) is 8.98. The molecule has 1 aromatic rings. The number of piperidine rings is 1. The maximum absolute atomic E-state index is 11.2. The Bertz CT molecular complexity index is 615. The van der Waals surface area contributed by atoms with E-state index >= 15 is 0 Å². The maximum Gasteiger partial charge on any atom is 0.217 e. The molecule has 0 spiro atoms. The van der Waals surface area contributed by atoms with Gasteiger partial charge in [-0.15, -0.1) is 0 Å². The summed E-state index contributed by atoms with van der Waals surface area (Å²) in [5.41, 5.74) is 7.65. The molecule has 0 aliphatic carbocycles. The van der Waals surface area contributed by atoms with Gasteiger partial charge in [0.05, 0.1) is 13.7 Å². The highest BCUT2D eigenvalue weighted by Gasteiger charge is 2.23. The van der Waals surface area contributed by atoms with E-state index in [4.69, 9.17) is 15.5 Å². The summed E-state index contributed by atoms with van der Waals surface area (Å²) in [6, 6.07) is 6.16. The van der Waals surface area contributed by atoms with Gasteiger partial charge in [0.2, 0.25) is 5.91 Å². The third-order valence-corrected chi connectivity index (χ3v) is 4.40. The topological polar surface area (TPSA) is 80.0 Å². The Morgan fingerprint density at radius 1 is 1.44 bits per heavy atom.